The highest BCUT2D eigenvalue weighted by molar-refractivity contribution is 7.41. The number of allylic oxidation sites excluding steroid dienone is 1. The molecule has 0 heterocycles. The lowest BCUT2D eigenvalue weighted by Crippen LogP contribution is -2.28. The summed E-state index contributed by atoms with van der Waals surface area (Å²) in [6, 6.07) is 4.32. The van der Waals surface area contributed by atoms with E-state index >= 15 is 4.20 Å². The van der Waals surface area contributed by atoms with Crippen LogP contribution in [-0.2, 0) is 16.4 Å². The lowest BCUT2D eigenvalue weighted by Gasteiger charge is -2.33. The van der Waals surface area contributed by atoms with Crippen LogP contribution in [0.3, 0.4) is 0 Å². The summed E-state index contributed by atoms with van der Waals surface area (Å²) in [7, 11) is -2.65. The molecule has 0 aliphatic heterocycles. The first-order valence-electron chi connectivity index (χ1n) is 12.6. The van der Waals surface area contributed by atoms with Gasteiger partial charge in [-0.25, -0.2) is 0 Å². The molecule has 0 aliphatic rings. The average molecular weight is 493 g/mol. The van der Waals surface area contributed by atoms with Crippen molar-refractivity contribution in [2.75, 3.05) is 0 Å². The van der Waals surface area contributed by atoms with Gasteiger partial charge in [-0.2, -0.15) is 0 Å². The van der Waals surface area contributed by atoms with Gasteiger partial charge in [0.1, 0.15) is 5.75 Å². The molecule has 0 fully saturated rings. The molecule has 0 saturated carbocycles. The van der Waals surface area contributed by atoms with E-state index in [0.29, 0.717) is 11.7 Å². The monoisotopic (exact) mass is 492 g/mol. The number of halogens is 1. The van der Waals surface area contributed by atoms with Crippen molar-refractivity contribution in [3.05, 3.63) is 53.1 Å². The van der Waals surface area contributed by atoms with Crippen LogP contribution >= 0.6 is 8.69 Å². The minimum absolute atomic E-state index is 0.0358. The molecule has 1 rings (SSSR count). The molecule has 0 spiro atoms. The first kappa shape index (κ1) is 30.9. The molecular weight excluding hydrogens is 442 g/mol. The molecular formula is C30H50FO2P. The first-order chi connectivity index (χ1) is 15.3. The Hall–Kier alpha value is -1.18. The predicted molar refractivity (Wildman–Crippen MR) is 148 cm³/mol. The van der Waals surface area contributed by atoms with Gasteiger partial charge in [-0.3, -0.25) is 4.52 Å². The molecule has 1 aromatic rings. The van der Waals surface area contributed by atoms with Gasteiger partial charge in [0, 0.05) is 11.5 Å². The molecule has 1 aromatic carbocycles. The summed E-state index contributed by atoms with van der Waals surface area (Å²) >= 11 is 0. The fourth-order valence-electron chi connectivity index (χ4n) is 3.60. The number of hydrogen-bond acceptors (Lipinski definition) is 2. The second-order valence-electron chi connectivity index (χ2n) is 13.0. The molecule has 194 valence electrons. The highest BCUT2D eigenvalue weighted by atomic mass is 31.2. The van der Waals surface area contributed by atoms with Gasteiger partial charge in [-0.1, -0.05) is 121 Å². The van der Waals surface area contributed by atoms with Crippen LogP contribution in [0, 0.1) is 16.7 Å². The van der Waals surface area contributed by atoms with Crippen molar-refractivity contribution in [3.63, 3.8) is 0 Å². The fourth-order valence-corrected chi connectivity index (χ4v) is 4.50. The zero-order valence-electron chi connectivity index (χ0n) is 24.1. The van der Waals surface area contributed by atoms with Crippen LogP contribution in [0.5, 0.6) is 5.75 Å². The maximum Gasteiger partial charge on any atom is 0.439 e. The normalized spacial score (nSPS) is 16.1. The lowest BCUT2D eigenvalue weighted by atomic mass is 9.80. The van der Waals surface area contributed by atoms with E-state index in [0.717, 1.165) is 23.1 Å². The molecule has 0 radical (unpaired) electrons. The van der Waals surface area contributed by atoms with Crippen LogP contribution in [0.15, 0.2) is 36.4 Å². The highest BCUT2D eigenvalue weighted by Gasteiger charge is 2.33. The molecule has 0 aromatic heterocycles. The second-order valence-corrected chi connectivity index (χ2v) is 13.8. The quantitative estimate of drug-likeness (QED) is 0.252. The maximum atomic E-state index is 15.6. The van der Waals surface area contributed by atoms with E-state index in [2.05, 4.69) is 121 Å². The van der Waals surface area contributed by atoms with Gasteiger partial charge in [-0.05, 0) is 45.3 Å². The summed E-state index contributed by atoms with van der Waals surface area (Å²) in [5, 5.41) is 0. The van der Waals surface area contributed by atoms with Crippen LogP contribution in [0.1, 0.15) is 113 Å². The van der Waals surface area contributed by atoms with Gasteiger partial charge < -0.3 is 4.52 Å². The second kappa shape index (κ2) is 11.7. The Morgan fingerprint density at radius 3 is 2.00 bits per heavy atom. The molecule has 3 atom stereocenters. The third kappa shape index (κ3) is 9.12. The molecule has 0 N–H and O–H groups in total. The van der Waals surface area contributed by atoms with Crippen molar-refractivity contribution in [1.82, 2.24) is 0 Å². The van der Waals surface area contributed by atoms with E-state index in [1.807, 2.05) is 0 Å². The Labute approximate surface area is 211 Å². The standard InChI is InChI=1S/C30H50FO2P/c1-15-23-18-24(20(2)3)19-25(30(12,13)14)27(23)33-34(31)32-26(22(5)29(9,10)11)21(4)16-17-28(6,7)8/h16-21,26H,5,15H2,1-4,6-14H3/b17-16+. The Morgan fingerprint density at radius 2 is 1.59 bits per heavy atom. The van der Waals surface area contributed by atoms with Crippen LogP contribution in [0.25, 0.3) is 0 Å². The zero-order valence-corrected chi connectivity index (χ0v) is 25.0. The predicted octanol–water partition coefficient (Wildman–Crippen LogP) is 10.5. The molecule has 0 aliphatic carbocycles. The van der Waals surface area contributed by atoms with Gasteiger partial charge in [-0.15, -0.1) is 4.20 Å². The van der Waals surface area contributed by atoms with E-state index in [9.17, 15) is 0 Å². The minimum atomic E-state index is -2.65. The first-order valence-corrected chi connectivity index (χ1v) is 13.7. The van der Waals surface area contributed by atoms with Crippen LogP contribution in [-0.4, -0.2) is 6.10 Å². The van der Waals surface area contributed by atoms with E-state index in [4.69, 9.17) is 9.05 Å². The summed E-state index contributed by atoms with van der Waals surface area (Å²) < 4.78 is 27.7. The van der Waals surface area contributed by atoms with Crippen molar-refractivity contribution in [1.29, 1.82) is 0 Å². The molecule has 34 heavy (non-hydrogen) atoms. The minimum Gasteiger partial charge on any atom is -0.423 e. The largest absolute Gasteiger partial charge is 0.439 e. The van der Waals surface area contributed by atoms with Crippen LogP contribution in [0.4, 0.5) is 4.20 Å². The topological polar surface area (TPSA) is 18.5 Å². The van der Waals surface area contributed by atoms with Crippen molar-refractivity contribution in [2.24, 2.45) is 16.7 Å². The van der Waals surface area contributed by atoms with Crippen LogP contribution in [0.2, 0.25) is 0 Å². The fraction of sp³-hybridized carbons (Fsp3) is 0.667. The lowest BCUT2D eigenvalue weighted by molar-refractivity contribution is 0.165. The number of hydrogen-bond donors (Lipinski definition) is 0. The van der Waals surface area contributed by atoms with Crippen molar-refractivity contribution in [3.8, 4) is 5.75 Å². The van der Waals surface area contributed by atoms with Gasteiger partial charge in [0.25, 0.3) is 0 Å². The molecule has 0 amide bonds. The highest BCUT2D eigenvalue weighted by Crippen LogP contribution is 2.50. The molecule has 2 nitrogen and oxygen atoms in total. The Bertz CT molecular complexity index is 850. The summed E-state index contributed by atoms with van der Waals surface area (Å²) in [6.45, 7) is 32.0. The van der Waals surface area contributed by atoms with Gasteiger partial charge in [0.05, 0.1) is 6.10 Å². The number of benzene rings is 1. The molecule has 0 bridgehead atoms. The summed E-state index contributed by atoms with van der Waals surface area (Å²) in [6.07, 6.45) is 4.56. The SMILES string of the molecule is C=C(C(OP(F)Oc1c(CC)cc(C(C)C)cc1C(C)(C)C)C(C)/C=C/C(C)(C)C)C(C)(C)C. The van der Waals surface area contributed by atoms with Gasteiger partial charge >= 0.3 is 8.69 Å². The van der Waals surface area contributed by atoms with Crippen LogP contribution < -0.4 is 4.52 Å². The Kier molecular flexibility index (Phi) is 10.6. The molecule has 0 saturated heterocycles. The van der Waals surface area contributed by atoms with Gasteiger partial charge in [0.2, 0.25) is 0 Å². The molecule has 4 heteroatoms. The third-order valence-corrected chi connectivity index (χ3v) is 6.81. The maximum absolute atomic E-state index is 15.6. The molecule has 3 unspecified atom stereocenters. The van der Waals surface area contributed by atoms with E-state index in [1.54, 1.807) is 0 Å². The average Bonchev–Trinajstić information content (AvgIpc) is 2.67. The Balaban J connectivity index is 3.37. The van der Waals surface area contributed by atoms with Crippen molar-refractivity contribution < 1.29 is 13.2 Å². The van der Waals surface area contributed by atoms with Crippen molar-refractivity contribution >= 4 is 8.69 Å². The summed E-state index contributed by atoms with van der Waals surface area (Å²) in [4.78, 5) is 0. The van der Waals surface area contributed by atoms with Crippen molar-refractivity contribution in [2.45, 2.75) is 114 Å². The number of rotatable bonds is 9. The van der Waals surface area contributed by atoms with Gasteiger partial charge in [0.15, 0.2) is 0 Å². The van der Waals surface area contributed by atoms with E-state index < -0.39 is 14.8 Å². The zero-order chi connectivity index (χ0) is 26.6. The van der Waals surface area contributed by atoms with E-state index in [-0.39, 0.29) is 22.2 Å². The van der Waals surface area contributed by atoms with E-state index in [1.165, 1.54) is 5.56 Å². The Morgan fingerprint density at radius 1 is 1.03 bits per heavy atom. The smallest absolute Gasteiger partial charge is 0.423 e. The number of aryl methyl sites for hydroxylation is 1. The third-order valence-electron chi connectivity index (χ3n) is 6.09. The summed E-state index contributed by atoms with van der Waals surface area (Å²) in [5.74, 6) is 0.982. The summed E-state index contributed by atoms with van der Waals surface area (Å²) in [5.41, 5.74) is 3.81.